The van der Waals surface area contributed by atoms with Crippen molar-refractivity contribution in [1.82, 2.24) is 14.1 Å². The van der Waals surface area contributed by atoms with Crippen LogP contribution >= 0.6 is 0 Å². The fourth-order valence-corrected chi connectivity index (χ4v) is 4.57. The van der Waals surface area contributed by atoms with Gasteiger partial charge < -0.3 is 5.11 Å². The number of benzene rings is 1. The van der Waals surface area contributed by atoms with Crippen LogP contribution in [-0.2, 0) is 17.1 Å². The number of aliphatic hydroxyl groups excluding tert-OH is 1. The molecule has 2 aromatic rings. The topological polar surface area (TPSA) is 75.4 Å². The summed E-state index contributed by atoms with van der Waals surface area (Å²) in [6.45, 7) is -0.114. The van der Waals surface area contributed by atoms with Crippen molar-refractivity contribution in [2.45, 2.75) is 23.6 Å². The summed E-state index contributed by atoms with van der Waals surface area (Å²) >= 11 is 0. The summed E-state index contributed by atoms with van der Waals surface area (Å²) in [5.74, 6) is -2.06. The van der Waals surface area contributed by atoms with E-state index in [0.717, 1.165) is 16.4 Å². The van der Waals surface area contributed by atoms with Crippen LogP contribution in [0.15, 0.2) is 35.5 Å². The predicted octanol–water partition coefficient (Wildman–Crippen LogP) is 1.19. The van der Waals surface area contributed by atoms with Crippen molar-refractivity contribution < 1.29 is 22.3 Å². The Kier molecular flexibility index (Phi) is 3.95. The van der Waals surface area contributed by atoms with E-state index in [-0.39, 0.29) is 18.0 Å². The van der Waals surface area contributed by atoms with Crippen LogP contribution in [0.5, 0.6) is 0 Å². The number of β-amino-alcohol motifs (C(OH)–C–C–N with tert-alkyl or cyclic N) is 1. The quantitative estimate of drug-likeness (QED) is 0.909. The van der Waals surface area contributed by atoms with Gasteiger partial charge in [0.05, 0.1) is 18.3 Å². The third-order valence-electron chi connectivity index (χ3n) is 3.91. The van der Waals surface area contributed by atoms with E-state index in [1.807, 2.05) is 0 Å². The normalized spacial score (nSPS) is 22.6. The fraction of sp³-hybridized carbons (Fsp3) is 0.357. The Morgan fingerprint density at radius 2 is 2.00 bits per heavy atom. The second-order valence-electron chi connectivity index (χ2n) is 5.45. The molecule has 0 bridgehead atoms. The second-order valence-corrected chi connectivity index (χ2v) is 7.28. The lowest BCUT2D eigenvalue weighted by Crippen LogP contribution is -2.33. The Morgan fingerprint density at radius 1 is 1.26 bits per heavy atom. The van der Waals surface area contributed by atoms with Gasteiger partial charge in [-0.15, -0.1) is 0 Å². The third-order valence-corrected chi connectivity index (χ3v) is 5.86. The first-order chi connectivity index (χ1) is 10.8. The van der Waals surface area contributed by atoms with E-state index in [1.54, 1.807) is 0 Å². The molecular formula is C14H15F2N3O3S. The Hall–Kier alpha value is -1.84. The molecule has 1 aromatic heterocycles. The predicted molar refractivity (Wildman–Crippen MR) is 76.8 cm³/mol. The molecule has 3 rings (SSSR count). The van der Waals surface area contributed by atoms with Crippen LogP contribution in [0.2, 0.25) is 0 Å². The van der Waals surface area contributed by atoms with Crippen LogP contribution in [0.1, 0.15) is 18.0 Å². The van der Waals surface area contributed by atoms with Gasteiger partial charge >= 0.3 is 0 Å². The molecular weight excluding hydrogens is 328 g/mol. The third kappa shape index (κ3) is 2.75. The molecule has 1 N–H and O–H groups in total. The smallest absolute Gasteiger partial charge is 0.260 e. The summed E-state index contributed by atoms with van der Waals surface area (Å²) in [6, 6.07) is 3.82. The van der Waals surface area contributed by atoms with Gasteiger partial charge in [0.1, 0.15) is 0 Å². The van der Waals surface area contributed by atoms with Gasteiger partial charge in [-0.05, 0) is 30.2 Å². The average molecular weight is 343 g/mol. The summed E-state index contributed by atoms with van der Waals surface area (Å²) in [5.41, 5.74) is 0.297. The molecule has 2 heterocycles. The highest BCUT2D eigenvalue weighted by molar-refractivity contribution is 7.89. The van der Waals surface area contributed by atoms with Crippen LogP contribution in [0, 0.1) is 11.6 Å². The molecule has 1 aliphatic rings. The van der Waals surface area contributed by atoms with Crippen LogP contribution < -0.4 is 0 Å². The minimum atomic E-state index is -3.92. The van der Waals surface area contributed by atoms with Crippen molar-refractivity contribution in [2.75, 3.05) is 6.54 Å². The molecule has 1 aliphatic heterocycles. The SMILES string of the molecule is Cn1nccc1S(=O)(=O)N1C[C@@H](O)C[C@H]1c1ccc(F)c(F)c1. The standard InChI is InChI=1S/C14H15F2N3O3S/c1-18-14(4-5-17-18)23(21,22)19-8-10(20)7-13(19)9-2-3-11(15)12(16)6-9/h2-6,10,13,20H,7-8H2,1H3/t10-,13-/m0/s1. The minimum absolute atomic E-state index is 0.0285. The summed E-state index contributed by atoms with van der Waals surface area (Å²) in [5, 5.41) is 13.7. The van der Waals surface area contributed by atoms with E-state index in [0.29, 0.717) is 5.56 Å². The molecule has 23 heavy (non-hydrogen) atoms. The number of aliphatic hydroxyl groups is 1. The monoisotopic (exact) mass is 343 g/mol. The van der Waals surface area contributed by atoms with E-state index < -0.39 is 33.8 Å². The molecule has 1 aromatic carbocycles. The summed E-state index contributed by atoms with van der Waals surface area (Å²) in [7, 11) is -2.43. The fourth-order valence-electron chi connectivity index (χ4n) is 2.81. The number of sulfonamides is 1. The Morgan fingerprint density at radius 3 is 2.61 bits per heavy atom. The Labute approximate surface area is 132 Å². The zero-order valence-corrected chi connectivity index (χ0v) is 13.0. The molecule has 124 valence electrons. The second kappa shape index (κ2) is 5.66. The van der Waals surface area contributed by atoms with Crippen LogP contribution in [0.4, 0.5) is 8.78 Å². The Bertz CT molecular complexity index is 838. The number of hydrogen-bond donors (Lipinski definition) is 1. The van der Waals surface area contributed by atoms with Crippen molar-refractivity contribution in [3.05, 3.63) is 47.7 Å². The van der Waals surface area contributed by atoms with Crippen LogP contribution in [0.25, 0.3) is 0 Å². The van der Waals surface area contributed by atoms with Gasteiger partial charge in [-0.2, -0.15) is 9.40 Å². The van der Waals surface area contributed by atoms with Crippen LogP contribution in [0.3, 0.4) is 0 Å². The van der Waals surface area contributed by atoms with Gasteiger partial charge in [0, 0.05) is 13.6 Å². The maximum absolute atomic E-state index is 13.5. The summed E-state index contributed by atoms with van der Waals surface area (Å²) in [6.07, 6.45) is 0.588. The lowest BCUT2D eigenvalue weighted by atomic mass is 10.0. The molecule has 1 fully saturated rings. The summed E-state index contributed by atoms with van der Waals surface area (Å²) in [4.78, 5) is 0. The highest BCUT2D eigenvalue weighted by Crippen LogP contribution is 2.37. The number of aromatic nitrogens is 2. The van der Waals surface area contributed by atoms with Crippen molar-refractivity contribution in [3.8, 4) is 0 Å². The maximum atomic E-state index is 13.5. The van der Waals surface area contributed by atoms with Crippen molar-refractivity contribution >= 4 is 10.0 Å². The highest BCUT2D eigenvalue weighted by atomic mass is 32.2. The largest absolute Gasteiger partial charge is 0.392 e. The average Bonchev–Trinajstić information content (AvgIpc) is 3.08. The number of halogens is 2. The van der Waals surface area contributed by atoms with E-state index in [4.69, 9.17) is 0 Å². The minimum Gasteiger partial charge on any atom is -0.392 e. The van der Waals surface area contributed by atoms with E-state index >= 15 is 0 Å². The number of aryl methyl sites for hydroxylation is 1. The highest BCUT2D eigenvalue weighted by Gasteiger charge is 2.41. The van der Waals surface area contributed by atoms with Crippen LogP contribution in [-0.4, -0.2) is 40.3 Å². The van der Waals surface area contributed by atoms with Gasteiger partial charge in [-0.3, -0.25) is 4.68 Å². The first kappa shape index (κ1) is 16.0. The zero-order chi connectivity index (χ0) is 16.8. The Balaban J connectivity index is 2.03. The lowest BCUT2D eigenvalue weighted by molar-refractivity contribution is 0.188. The number of hydrogen-bond acceptors (Lipinski definition) is 4. The van der Waals surface area contributed by atoms with Crippen molar-refractivity contribution in [2.24, 2.45) is 7.05 Å². The first-order valence-electron chi connectivity index (χ1n) is 6.93. The molecule has 0 unspecified atom stereocenters. The molecule has 0 spiro atoms. The van der Waals surface area contributed by atoms with Gasteiger partial charge in [0.25, 0.3) is 10.0 Å². The molecule has 9 heteroatoms. The maximum Gasteiger partial charge on any atom is 0.260 e. The van der Waals surface area contributed by atoms with Gasteiger partial charge in [-0.1, -0.05) is 6.07 Å². The molecule has 6 nitrogen and oxygen atoms in total. The van der Waals surface area contributed by atoms with Crippen molar-refractivity contribution in [1.29, 1.82) is 0 Å². The van der Waals surface area contributed by atoms with Gasteiger partial charge in [0.2, 0.25) is 0 Å². The first-order valence-corrected chi connectivity index (χ1v) is 8.37. The molecule has 0 radical (unpaired) electrons. The van der Waals surface area contributed by atoms with E-state index in [1.165, 1.54) is 30.1 Å². The molecule has 0 saturated carbocycles. The lowest BCUT2D eigenvalue weighted by Gasteiger charge is -2.24. The molecule has 0 amide bonds. The van der Waals surface area contributed by atoms with Gasteiger partial charge in [-0.25, -0.2) is 17.2 Å². The van der Waals surface area contributed by atoms with Gasteiger partial charge in [0.15, 0.2) is 16.7 Å². The van der Waals surface area contributed by atoms with Crippen molar-refractivity contribution in [3.63, 3.8) is 0 Å². The molecule has 2 atom stereocenters. The molecule has 0 aliphatic carbocycles. The molecule has 1 saturated heterocycles. The number of nitrogens with zero attached hydrogens (tertiary/aromatic N) is 3. The van der Waals surface area contributed by atoms with E-state index in [9.17, 15) is 22.3 Å². The zero-order valence-electron chi connectivity index (χ0n) is 12.2. The number of rotatable bonds is 3. The van der Waals surface area contributed by atoms with E-state index in [2.05, 4.69) is 5.10 Å². The summed E-state index contributed by atoms with van der Waals surface area (Å²) < 4.78 is 54.4.